The maximum atomic E-state index is 10.1. The van der Waals surface area contributed by atoms with Crippen molar-refractivity contribution >= 4 is 105 Å². The van der Waals surface area contributed by atoms with E-state index in [1.54, 1.807) is 0 Å². The first-order valence-electron chi connectivity index (χ1n) is 6.23. The Morgan fingerprint density at radius 2 is 0.463 bits per heavy atom. The van der Waals surface area contributed by atoms with Crippen LogP contribution in [0.3, 0.4) is 0 Å². The third-order valence-corrected chi connectivity index (χ3v) is 2.51. The van der Waals surface area contributed by atoms with Gasteiger partial charge in [-0.3, -0.25) is 0 Å². The predicted molar refractivity (Wildman–Crippen MR) is 119 cm³/mol. The van der Waals surface area contributed by atoms with E-state index in [-0.39, 0.29) is 135 Å². The van der Waals surface area contributed by atoms with Gasteiger partial charge in [-0.1, -0.05) is 0 Å². The zero-order chi connectivity index (χ0) is 21.3. The van der Waals surface area contributed by atoms with E-state index in [9.17, 15) is 59.4 Å². The summed E-state index contributed by atoms with van der Waals surface area (Å²) in [7, 11) is 0. The van der Waals surface area contributed by atoms with E-state index >= 15 is 0 Å². The average molecular weight is 667 g/mol. The van der Waals surface area contributed by atoms with Gasteiger partial charge in [0.1, 0.15) is 11.2 Å². The molecule has 41 heavy (non-hydrogen) atoms. The van der Waals surface area contributed by atoms with Crippen LogP contribution < -0.4 is 30.6 Å². The summed E-state index contributed by atoms with van der Waals surface area (Å²) in [5, 5.41) is 77.9. The Kier molecular flexibility index (Phi) is 145. The van der Waals surface area contributed by atoms with Crippen LogP contribution in [0.2, 0.25) is 0 Å². The molecule has 0 fully saturated rings. The molecule has 0 aromatic heterocycles. The van der Waals surface area contributed by atoms with Crippen molar-refractivity contribution in [3.8, 4) is 0 Å². The number of carboxylic acids is 6. The number of carboxylic acid groups (broad SMARTS) is 6. The standard InChI is InChI=1S/2C6H8O7.3Mg.12H2O/c2*7-3(8)1-6(13,5(11)12)2-4(9)10;;;;;;;;;;;;;;;/h2*13H,1-2H2,(H,7,8)(H,9,10)(H,11,12);;;;12*1H2/q;;3*+2;;;;;;;;;;;;/p-6. The smallest absolute Gasteiger partial charge is 0.550 e. The quantitative estimate of drug-likeness (QED) is 0.204. The molecule has 0 spiro atoms. The fourth-order valence-corrected chi connectivity index (χ4v) is 1.37. The Morgan fingerprint density at radius 3 is 0.512 bits per heavy atom. The summed E-state index contributed by atoms with van der Waals surface area (Å²) in [6, 6.07) is 0. The molecule has 0 saturated heterocycles. The number of hydrogen-bond donors (Lipinski definition) is 2. The summed E-state index contributed by atoms with van der Waals surface area (Å²) in [5.74, 6) is -12.0. The molecular weight excluding hydrogens is 633 g/mol. The Hall–Kier alpha value is -1.44. The topological polar surface area (TPSA) is 659 Å². The van der Waals surface area contributed by atoms with E-state index in [0.29, 0.717) is 0 Å². The zero-order valence-electron chi connectivity index (χ0n) is 20.7. The van der Waals surface area contributed by atoms with Gasteiger partial charge in [-0.2, -0.15) is 0 Å². The third kappa shape index (κ3) is 55.2. The van der Waals surface area contributed by atoms with Gasteiger partial charge in [0.2, 0.25) is 0 Å². The summed E-state index contributed by atoms with van der Waals surface area (Å²) in [4.78, 5) is 60.0. The van der Waals surface area contributed by atoms with E-state index < -0.39 is 72.7 Å². The molecule has 0 atom stereocenters. The summed E-state index contributed by atoms with van der Waals surface area (Å²) in [5.41, 5.74) is -5.95. The first-order chi connectivity index (χ1) is 11.6. The van der Waals surface area contributed by atoms with Crippen LogP contribution >= 0.6 is 0 Å². The molecule has 0 radical (unpaired) electrons. The van der Waals surface area contributed by atoms with Gasteiger partial charge in [0, 0.05) is 49.6 Å². The van der Waals surface area contributed by atoms with Crippen molar-refractivity contribution in [3.63, 3.8) is 0 Å². The van der Waals surface area contributed by atoms with E-state index in [1.807, 2.05) is 0 Å². The average Bonchev–Trinajstić information content (AvgIpc) is 2.34. The number of carbonyl (C=O) groups excluding carboxylic acids is 6. The molecule has 0 bridgehead atoms. The molecule has 0 rings (SSSR count). The van der Waals surface area contributed by atoms with Gasteiger partial charge in [0.05, 0.1) is 11.9 Å². The summed E-state index contributed by atoms with van der Waals surface area (Å²) >= 11 is 0. The van der Waals surface area contributed by atoms with Crippen molar-refractivity contribution in [2.45, 2.75) is 36.9 Å². The third-order valence-electron chi connectivity index (χ3n) is 2.51. The second-order valence-electron chi connectivity index (χ2n) is 4.83. The summed E-state index contributed by atoms with van der Waals surface area (Å²) in [6.07, 6.45) is -5.43. The summed E-state index contributed by atoms with van der Waals surface area (Å²) in [6.45, 7) is 0. The van der Waals surface area contributed by atoms with Gasteiger partial charge < -0.3 is 135 Å². The van der Waals surface area contributed by atoms with Crippen molar-refractivity contribution in [3.05, 3.63) is 0 Å². The molecule has 0 saturated carbocycles. The van der Waals surface area contributed by atoms with Gasteiger partial charge in [-0.15, -0.1) is 0 Å². The molecule has 0 aromatic rings. The van der Waals surface area contributed by atoms with Crippen LogP contribution in [0.15, 0.2) is 0 Å². The number of aliphatic hydroxyl groups is 2. The molecule has 0 aliphatic heterocycles. The Labute approximate surface area is 276 Å². The van der Waals surface area contributed by atoms with Crippen molar-refractivity contribution in [2.24, 2.45) is 0 Å². The molecule has 0 aliphatic carbocycles. The first kappa shape index (κ1) is 116. The number of carbonyl (C=O) groups is 6. The minimum Gasteiger partial charge on any atom is -0.550 e. The molecule has 0 aliphatic rings. The SMILES string of the molecule is O.O.O.O.O.O.O.O.O.O.O.O.O=C([O-])CC(O)(CC(=O)[O-])C(=O)[O-].O=C([O-])CC(O)(CC(=O)[O-])C(=O)[O-].[Mg+2].[Mg+2].[Mg+2]. The van der Waals surface area contributed by atoms with Crippen LogP contribution in [0.25, 0.3) is 0 Å². The zero-order valence-corrected chi connectivity index (χ0v) is 25.0. The van der Waals surface area contributed by atoms with Gasteiger partial charge in [0.25, 0.3) is 0 Å². The van der Waals surface area contributed by atoms with Crippen LogP contribution in [-0.2, 0) is 28.8 Å². The van der Waals surface area contributed by atoms with E-state index in [0.717, 1.165) is 0 Å². The number of hydrogen-bond acceptors (Lipinski definition) is 14. The first-order valence-corrected chi connectivity index (χ1v) is 6.23. The normalized spacial score (nSPS) is 6.88. The van der Waals surface area contributed by atoms with Crippen LogP contribution in [0.1, 0.15) is 25.7 Å². The molecule has 244 valence electrons. The fraction of sp³-hybridized carbons (Fsp3) is 0.500. The Morgan fingerprint density at radius 1 is 0.366 bits per heavy atom. The minimum absolute atomic E-state index is 0. The van der Waals surface area contributed by atoms with Crippen LogP contribution in [0.5, 0.6) is 0 Å². The van der Waals surface area contributed by atoms with Crippen molar-refractivity contribution in [1.82, 2.24) is 0 Å². The van der Waals surface area contributed by atoms with Crippen molar-refractivity contribution < 1.29 is 135 Å². The Balaban J connectivity index is -0.0000000137. The van der Waals surface area contributed by atoms with E-state index in [4.69, 9.17) is 10.2 Å². The maximum absolute atomic E-state index is 10.1. The molecule has 0 amide bonds. The van der Waals surface area contributed by atoms with Gasteiger partial charge in [0.15, 0.2) is 0 Å². The van der Waals surface area contributed by atoms with Gasteiger partial charge in [-0.05, 0) is 0 Å². The minimum atomic E-state index is -2.97. The molecule has 26 N–H and O–H groups in total. The second-order valence-corrected chi connectivity index (χ2v) is 4.83. The van der Waals surface area contributed by atoms with Gasteiger partial charge >= 0.3 is 69.2 Å². The number of rotatable bonds is 10. The van der Waals surface area contributed by atoms with E-state index in [1.165, 1.54) is 0 Å². The second kappa shape index (κ2) is 51.3. The molecule has 0 aromatic carbocycles. The molecular formula is C12H34Mg3O26. The largest absolute Gasteiger partial charge is 2.00 e. The predicted octanol–water partition coefficient (Wildman–Crippen LogP) is -21.5. The maximum Gasteiger partial charge on any atom is 2.00 e. The van der Waals surface area contributed by atoms with Crippen LogP contribution in [-0.4, -0.2) is 192 Å². The fourth-order valence-electron chi connectivity index (χ4n) is 1.37. The Bertz CT molecular complexity index is 531. The summed E-state index contributed by atoms with van der Waals surface area (Å²) < 4.78 is 0. The van der Waals surface area contributed by atoms with Gasteiger partial charge in [-0.25, -0.2) is 0 Å². The monoisotopic (exact) mass is 666 g/mol. The van der Waals surface area contributed by atoms with Crippen LogP contribution in [0, 0.1) is 0 Å². The molecule has 29 heteroatoms. The van der Waals surface area contributed by atoms with Crippen molar-refractivity contribution in [1.29, 1.82) is 0 Å². The van der Waals surface area contributed by atoms with Crippen LogP contribution in [0.4, 0.5) is 0 Å². The van der Waals surface area contributed by atoms with Crippen molar-refractivity contribution in [2.75, 3.05) is 0 Å². The molecule has 26 nitrogen and oxygen atoms in total. The molecule has 0 heterocycles. The number of aliphatic carboxylic acids is 6. The molecule has 0 unspecified atom stereocenters. The van der Waals surface area contributed by atoms with E-state index in [2.05, 4.69) is 0 Å².